The molecule has 2 nitrogen and oxygen atoms in total. The summed E-state index contributed by atoms with van der Waals surface area (Å²) in [5.41, 5.74) is 0. The van der Waals surface area contributed by atoms with Gasteiger partial charge in [0.15, 0.2) is 0 Å². The summed E-state index contributed by atoms with van der Waals surface area (Å²) in [5, 5.41) is 3.44. The van der Waals surface area contributed by atoms with Gasteiger partial charge in [-0.3, -0.25) is 0 Å². The maximum absolute atomic E-state index is 3.44. The second kappa shape index (κ2) is 6.49. The van der Waals surface area contributed by atoms with Gasteiger partial charge in [0.1, 0.15) is 0 Å². The third kappa shape index (κ3) is 4.12. The summed E-state index contributed by atoms with van der Waals surface area (Å²) < 4.78 is 0. The van der Waals surface area contributed by atoms with Crippen LogP contribution < -0.4 is 5.32 Å². The molecule has 1 aliphatic carbocycles. The minimum absolute atomic E-state index is 0.755. The van der Waals surface area contributed by atoms with Crippen LogP contribution in [0, 0.1) is 5.92 Å². The van der Waals surface area contributed by atoms with Crippen LogP contribution in [-0.4, -0.2) is 37.1 Å². The lowest BCUT2D eigenvalue weighted by Crippen LogP contribution is -2.44. The summed E-state index contributed by atoms with van der Waals surface area (Å²) in [4.78, 5) is 2.67. The third-order valence-corrected chi connectivity index (χ3v) is 3.58. The first kappa shape index (κ1) is 13.0. The van der Waals surface area contributed by atoms with Gasteiger partial charge in [0.25, 0.3) is 0 Å². The van der Waals surface area contributed by atoms with Crippen LogP contribution in [0.4, 0.5) is 0 Å². The predicted molar refractivity (Wildman–Crippen MR) is 67.2 cm³/mol. The predicted octanol–water partition coefficient (Wildman–Crippen LogP) is 2.49. The van der Waals surface area contributed by atoms with Crippen molar-refractivity contribution in [3.8, 4) is 0 Å². The molecule has 2 heteroatoms. The number of hydrogen-bond acceptors (Lipinski definition) is 2. The normalized spacial score (nSPS) is 27.6. The van der Waals surface area contributed by atoms with Crippen LogP contribution in [0.15, 0.2) is 0 Å². The standard InChI is InChI=1S/C13H28N2/c1-5-15(10-11(2)3)13-8-6-7-12(9-13)14-4/h11-14H,5-10H2,1-4H3. The Kier molecular flexibility index (Phi) is 5.62. The topological polar surface area (TPSA) is 15.3 Å². The molecule has 0 amide bonds. The fraction of sp³-hybridized carbons (Fsp3) is 1.00. The van der Waals surface area contributed by atoms with E-state index in [4.69, 9.17) is 0 Å². The molecule has 1 N–H and O–H groups in total. The van der Waals surface area contributed by atoms with Gasteiger partial charge in [-0.25, -0.2) is 0 Å². The van der Waals surface area contributed by atoms with Crippen molar-refractivity contribution in [3.63, 3.8) is 0 Å². The van der Waals surface area contributed by atoms with Gasteiger partial charge in [0, 0.05) is 18.6 Å². The first-order valence-electron chi connectivity index (χ1n) is 6.58. The molecule has 1 aliphatic rings. The molecule has 0 aliphatic heterocycles. The molecule has 0 radical (unpaired) electrons. The van der Waals surface area contributed by atoms with E-state index in [-0.39, 0.29) is 0 Å². The van der Waals surface area contributed by atoms with E-state index in [2.05, 4.69) is 38.0 Å². The second-order valence-electron chi connectivity index (χ2n) is 5.29. The van der Waals surface area contributed by atoms with E-state index in [1.54, 1.807) is 0 Å². The van der Waals surface area contributed by atoms with Crippen molar-refractivity contribution in [1.82, 2.24) is 10.2 Å². The zero-order valence-corrected chi connectivity index (χ0v) is 10.9. The quantitative estimate of drug-likeness (QED) is 0.753. The summed E-state index contributed by atoms with van der Waals surface area (Å²) in [5.74, 6) is 0.792. The number of nitrogens with one attached hydrogen (secondary N) is 1. The van der Waals surface area contributed by atoms with Crippen LogP contribution in [0.25, 0.3) is 0 Å². The SMILES string of the molecule is CCN(CC(C)C)C1CCCC(NC)C1. The minimum atomic E-state index is 0.755. The molecular weight excluding hydrogens is 184 g/mol. The molecule has 1 saturated carbocycles. The van der Waals surface area contributed by atoms with E-state index >= 15 is 0 Å². The molecule has 0 aromatic rings. The highest BCUT2D eigenvalue weighted by atomic mass is 15.2. The summed E-state index contributed by atoms with van der Waals surface area (Å²) in [6.45, 7) is 9.41. The van der Waals surface area contributed by atoms with Gasteiger partial charge in [0.05, 0.1) is 0 Å². The van der Waals surface area contributed by atoms with Gasteiger partial charge < -0.3 is 10.2 Å². The van der Waals surface area contributed by atoms with Crippen molar-refractivity contribution < 1.29 is 0 Å². The Morgan fingerprint density at radius 2 is 2.07 bits per heavy atom. The van der Waals surface area contributed by atoms with Gasteiger partial charge in [-0.2, -0.15) is 0 Å². The van der Waals surface area contributed by atoms with E-state index in [0.29, 0.717) is 0 Å². The van der Waals surface area contributed by atoms with Crippen molar-refractivity contribution >= 4 is 0 Å². The monoisotopic (exact) mass is 212 g/mol. The lowest BCUT2D eigenvalue weighted by Gasteiger charge is -2.37. The number of hydrogen-bond donors (Lipinski definition) is 1. The molecule has 90 valence electrons. The van der Waals surface area contributed by atoms with E-state index < -0.39 is 0 Å². The number of nitrogens with zero attached hydrogens (tertiary/aromatic N) is 1. The minimum Gasteiger partial charge on any atom is -0.317 e. The Bertz CT molecular complexity index is 168. The van der Waals surface area contributed by atoms with Crippen molar-refractivity contribution in [2.24, 2.45) is 5.92 Å². The van der Waals surface area contributed by atoms with Crippen LogP contribution in [0.3, 0.4) is 0 Å². The molecule has 0 aromatic carbocycles. The van der Waals surface area contributed by atoms with E-state index in [0.717, 1.165) is 18.0 Å². The van der Waals surface area contributed by atoms with Gasteiger partial charge in [-0.05, 0) is 38.8 Å². The van der Waals surface area contributed by atoms with E-state index in [1.165, 1.54) is 38.8 Å². The first-order valence-corrected chi connectivity index (χ1v) is 6.58. The Morgan fingerprint density at radius 1 is 1.33 bits per heavy atom. The summed E-state index contributed by atoms with van der Waals surface area (Å²) in [6, 6.07) is 1.58. The van der Waals surface area contributed by atoms with Crippen LogP contribution in [-0.2, 0) is 0 Å². The van der Waals surface area contributed by atoms with Gasteiger partial charge in [0.2, 0.25) is 0 Å². The lowest BCUT2D eigenvalue weighted by atomic mass is 9.89. The fourth-order valence-corrected chi connectivity index (χ4v) is 2.76. The summed E-state index contributed by atoms with van der Waals surface area (Å²) >= 11 is 0. The molecule has 2 atom stereocenters. The van der Waals surface area contributed by atoms with Crippen LogP contribution in [0.1, 0.15) is 46.5 Å². The third-order valence-electron chi connectivity index (χ3n) is 3.58. The zero-order valence-electron chi connectivity index (χ0n) is 10.9. The molecular formula is C13H28N2. The molecule has 0 saturated heterocycles. The van der Waals surface area contributed by atoms with Gasteiger partial charge >= 0.3 is 0 Å². The zero-order chi connectivity index (χ0) is 11.3. The Labute approximate surface area is 95.4 Å². The van der Waals surface area contributed by atoms with Crippen molar-refractivity contribution in [2.45, 2.75) is 58.5 Å². The molecule has 0 bridgehead atoms. The largest absolute Gasteiger partial charge is 0.317 e. The molecule has 0 spiro atoms. The Morgan fingerprint density at radius 3 is 2.60 bits per heavy atom. The van der Waals surface area contributed by atoms with Crippen LogP contribution in [0.2, 0.25) is 0 Å². The van der Waals surface area contributed by atoms with E-state index in [1.807, 2.05) is 0 Å². The van der Waals surface area contributed by atoms with Crippen molar-refractivity contribution in [1.29, 1.82) is 0 Å². The lowest BCUT2D eigenvalue weighted by molar-refractivity contribution is 0.133. The summed E-state index contributed by atoms with van der Waals surface area (Å²) in [6.07, 6.45) is 5.51. The molecule has 1 rings (SSSR count). The maximum Gasteiger partial charge on any atom is 0.0110 e. The molecule has 0 aromatic heterocycles. The van der Waals surface area contributed by atoms with Gasteiger partial charge in [-0.15, -0.1) is 0 Å². The number of rotatable bonds is 5. The van der Waals surface area contributed by atoms with Gasteiger partial charge in [-0.1, -0.05) is 27.2 Å². The van der Waals surface area contributed by atoms with Crippen LogP contribution in [0.5, 0.6) is 0 Å². The summed E-state index contributed by atoms with van der Waals surface area (Å²) in [7, 11) is 2.10. The Hall–Kier alpha value is -0.0800. The highest BCUT2D eigenvalue weighted by Gasteiger charge is 2.25. The van der Waals surface area contributed by atoms with Crippen LogP contribution >= 0.6 is 0 Å². The smallest absolute Gasteiger partial charge is 0.0110 e. The molecule has 2 unspecified atom stereocenters. The molecule has 0 heterocycles. The average Bonchev–Trinajstić information content (AvgIpc) is 2.25. The Balaban J connectivity index is 2.44. The highest BCUT2D eigenvalue weighted by molar-refractivity contribution is 4.83. The van der Waals surface area contributed by atoms with Crippen molar-refractivity contribution in [2.75, 3.05) is 20.1 Å². The first-order chi connectivity index (χ1) is 7.17. The van der Waals surface area contributed by atoms with E-state index in [9.17, 15) is 0 Å². The maximum atomic E-state index is 3.44. The second-order valence-corrected chi connectivity index (χ2v) is 5.29. The highest BCUT2D eigenvalue weighted by Crippen LogP contribution is 2.23. The fourth-order valence-electron chi connectivity index (χ4n) is 2.76. The molecule has 1 fully saturated rings. The van der Waals surface area contributed by atoms with Crippen molar-refractivity contribution in [3.05, 3.63) is 0 Å². The molecule has 15 heavy (non-hydrogen) atoms. The average molecular weight is 212 g/mol.